The highest BCUT2D eigenvalue weighted by Gasteiger charge is 2.09. The predicted molar refractivity (Wildman–Crippen MR) is 82.1 cm³/mol. The van der Waals surface area contributed by atoms with Crippen molar-refractivity contribution in [1.82, 2.24) is 4.57 Å². The Morgan fingerprint density at radius 3 is 2.71 bits per heavy atom. The number of aromatic nitrogens is 1. The van der Waals surface area contributed by atoms with Gasteiger partial charge in [0.15, 0.2) is 5.58 Å². The Kier molecular flexibility index (Phi) is 3.58. The molecule has 1 aromatic heterocycles. The van der Waals surface area contributed by atoms with E-state index in [4.69, 9.17) is 20.8 Å². The molecule has 0 radical (unpaired) electrons. The predicted octanol–water partition coefficient (Wildman–Crippen LogP) is 3.33. The van der Waals surface area contributed by atoms with Crippen LogP contribution in [0.4, 0.5) is 5.69 Å². The van der Waals surface area contributed by atoms with Crippen LogP contribution in [-0.4, -0.2) is 11.7 Å². The number of benzene rings is 2. The van der Waals surface area contributed by atoms with Gasteiger partial charge in [0.25, 0.3) is 0 Å². The van der Waals surface area contributed by atoms with E-state index in [1.165, 1.54) is 4.57 Å². The molecule has 0 bridgehead atoms. The molecule has 0 unspecified atom stereocenters. The van der Waals surface area contributed by atoms with Gasteiger partial charge in [-0.3, -0.25) is 4.57 Å². The van der Waals surface area contributed by atoms with Crippen LogP contribution in [-0.2, 0) is 6.67 Å². The summed E-state index contributed by atoms with van der Waals surface area (Å²) in [6, 6.07) is 12.6. The number of anilines is 1. The van der Waals surface area contributed by atoms with Crippen molar-refractivity contribution >= 4 is 28.4 Å². The van der Waals surface area contributed by atoms with Crippen molar-refractivity contribution in [3.8, 4) is 5.75 Å². The van der Waals surface area contributed by atoms with Crippen molar-refractivity contribution in [2.75, 3.05) is 12.4 Å². The molecule has 5 nitrogen and oxygen atoms in total. The Bertz CT molecular complexity index is 821. The maximum atomic E-state index is 11.9. The summed E-state index contributed by atoms with van der Waals surface area (Å²) >= 11 is 5.88. The quantitative estimate of drug-likeness (QED) is 0.803. The Balaban J connectivity index is 1.84. The summed E-state index contributed by atoms with van der Waals surface area (Å²) in [7, 11) is 1.62. The lowest BCUT2D eigenvalue weighted by Crippen LogP contribution is -2.19. The Morgan fingerprint density at radius 2 is 2.00 bits per heavy atom. The molecule has 2 aromatic carbocycles. The van der Waals surface area contributed by atoms with Gasteiger partial charge in [0.1, 0.15) is 5.75 Å². The number of hydrogen-bond donors (Lipinski definition) is 1. The molecular weight excluding hydrogens is 292 g/mol. The molecule has 3 aromatic rings. The first-order chi connectivity index (χ1) is 10.2. The average Bonchev–Trinajstić information content (AvgIpc) is 2.80. The van der Waals surface area contributed by atoms with Crippen LogP contribution in [0, 0.1) is 0 Å². The van der Waals surface area contributed by atoms with Crippen LogP contribution in [0.25, 0.3) is 11.1 Å². The minimum absolute atomic E-state index is 0.305. The van der Waals surface area contributed by atoms with Gasteiger partial charge in [0, 0.05) is 16.8 Å². The zero-order valence-electron chi connectivity index (χ0n) is 11.3. The number of ether oxygens (including phenoxy) is 1. The molecule has 0 aliphatic heterocycles. The molecule has 1 heterocycles. The van der Waals surface area contributed by atoms with Gasteiger partial charge in [-0.05, 0) is 36.4 Å². The monoisotopic (exact) mass is 304 g/mol. The lowest BCUT2D eigenvalue weighted by molar-refractivity contribution is 0.415. The van der Waals surface area contributed by atoms with Gasteiger partial charge in [-0.1, -0.05) is 11.6 Å². The summed E-state index contributed by atoms with van der Waals surface area (Å²) in [5.41, 5.74) is 2.06. The smallest absolute Gasteiger partial charge is 0.421 e. The minimum atomic E-state index is -0.423. The van der Waals surface area contributed by atoms with Crippen LogP contribution < -0.4 is 15.8 Å². The summed E-state index contributed by atoms with van der Waals surface area (Å²) in [6.45, 7) is 0.305. The molecule has 0 fully saturated rings. The van der Waals surface area contributed by atoms with Crippen molar-refractivity contribution in [3.05, 3.63) is 58.0 Å². The van der Waals surface area contributed by atoms with Gasteiger partial charge in [-0.2, -0.15) is 0 Å². The molecule has 0 amide bonds. The fourth-order valence-corrected chi connectivity index (χ4v) is 2.23. The number of methoxy groups -OCH3 is 1. The third kappa shape index (κ3) is 2.73. The van der Waals surface area contributed by atoms with Crippen LogP contribution in [0.5, 0.6) is 5.75 Å². The van der Waals surface area contributed by atoms with E-state index < -0.39 is 5.76 Å². The fraction of sp³-hybridized carbons (Fsp3) is 0.133. The van der Waals surface area contributed by atoms with Gasteiger partial charge >= 0.3 is 5.76 Å². The molecule has 1 N–H and O–H groups in total. The van der Waals surface area contributed by atoms with E-state index in [0.29, 0.717) is 22.8 Å². The summed E-state index contributed by atoms with van der Waals surface area (Å²) in [5, 5.41) is 3.69. The maximum absolute atomic E-state index is 11.9. The summed E-state index contributed by atoms with van der Waals surface area (Å²) < 4.78 is 11.8. The van der Waals surface area contributed by atoms with E-state index >= 15 is 0 Å². The van der Waals surface area contributed by atoms with Gasteiger partial charge < -0.3 is 14.5 Å². The standard InChI is InChI=1S/C15H13ClN2O3/c1-20-12-5-3-11(4-6-12)17-9-18-13-7-2-10(16)8-14(13)21-15(18)19/h2-8,17H,9H2,1H3. The number of hydrogen-bond acceptors (Lipinski definition) is 4. The third-order valence-corrected chi connectivity index (χ3v) is 3.40. The number of halogens is 1. The Labute approximate surface area is 125 Å². The fourth-order valence-electron chi connectivity index (χ4n) is 2.07. The highest BCUT2D eigenvalue weighted by molar-refractivity contribution is 6.31. The van der Waals surface area contributed by atoms with Crippen molar-refractivity contribution in [2.45, 2.75) is 6.67 Å². The minimum Gasteiger partial charge on any atom is -0.497 e. The number of fused-ring (bicyclic) bond motifs is 1. The van der Waals surface area contributed by atoms with Crippen molar-refractivity contribution < 1.29 is 9.15 Å². The van der Waals surface area contributed by atoms with Gasteiger partial charge in [-0.25, -0.2) is 4.79 Å². The van der Waals surface area contributed by atoms with Gasteiger partial charge in [0.05, 0.1) is 19.3 Å². The van der Waals surface area contributed by atoms with Gasteiger partial charge in [0.2, 0.25) is 0 Å². The molecule has 0 atom stereocenters. The summed E-state index contributed by atoms with van der Waals surface area (Å²) in [5.74, 6) is 0.356. The van der Waals surface area contributed by atoms with Gasteiger partial charge in [-0.15, -0.1) is 0 Å². The molecule has 6 heteroatoms. The topological polar surface area (TPSA) is 56.4 Å². The highest BCUT2D eigenvalue weighted by Crippen LogP contribution is 2.19. The second-order valence-electron chi connectivity index (χ2n) is 4.47. The number of nitrogens with zero attached hydrogens (tertiary/aromatic N) is 1. The molecular formula is C15H13ClN2O3. The van der Waals surface area contributed by atoms with Crippen molar-refractivity contribution in [1.29, 1.82) is 0 Å². The highest BCUT2D eigenvalue weighted by atomic mass is 35.5. The average molecular weight is 305 g/mol. The zero-order valence-corrected chi connectivity index (χ0v) is 12.1. The van der Waals surface area contributed by atoms with Crippen LogP contribution in [0.3, 0.4) is 0 Å². The van der Waals surface area contributed by atoms with E-state index in [-0.39, 0.29) is 0 Å². The zero-order chi connectivity index (χ0) is 14.8. The van der Waals surface area contributed by atoms with Crippen LogP contribution in [0.15, 0.2) is 51.7 Å². The van der Waals surface area contributed by atoms with E-state index in [9.17, 15) is 4.79 Å². The number of rotatable bonds is 4. The normalized spacial score (nSPS) is 10.8. The van der Waals surface area contributed by atoms with Crippen LogP contribution >= 0.6 is 11.6 Å². The molecule has 0 aliphatic carbocycles. The van der Waals surface area contributed by atoms with E-state index in [1.807, 2.05) is 24.3 Å². The molecule has 108 valence electrons. The van der Waals surface area contributed by atoms with E-state index in [1.54, 1.807) is 25.3 Å². The molecule has 0 saturated carbocycles. The maximum Gasteiger partial charge on any atom is 0.421 e. The van der Waals surface area contributed by atoms with Crippen molar-refractivity contribution in [3.63, 3.8) is 0 Å². The lowest BCUT2D eigenvalue weighted by Gasteiger charge is -2.07. The first-order valence-electron chi connectivity index (χ1n) is 6.34. The largest absolute Gasteiger partial charge is 0.497 e. The lowest BCUT2D eigenvalue weighted by atomic mass is 10.3. The summed E-state index contributed by atoms with van der Waals surface area (Å²) in [4.78, 5) is 11.9. The third-order valence-electron chi connectivity index (χ3n) is 3.16. The molecule has 21 heavy (non-hydrogen) atoms. The van der Waals surface area contributed by atoms with Crippen LogP contribution in [0.2, 0.25) is 5.02 Å². The van der Waals surface area contributed by atoms with Crippen LogP contribution in [0.1, 0.15) is 0 Å². The molecule has 0 aliphatic rings. The Hall–Kier alpha value is -2.40. The van der Waals surface area contributed by atoms with Crippen molar-refractivity contribution in [2.24, 2.45) is 0 Å². The number of nitrogens with one attached hydrogen (secondary N) is 1. The first kappa shape index (κ1) is 13.6. The molecule has 0 spiro atoms. The van der Waals surface area contributed by atoms with E-state index in [2.05, 4.69) is 5.32 Å². The first-order valence-corrected chi connectivity index (χ1v) is 6.72. The number of oxazole rings is 1. The second-order valence-corrected chi connectivity index (χ2v) is 4.91. The molecule has 0 saturated heterocycles. The SMILES string of the molecule is COc1ccc(NCn2c(=O)oc3cc(Cl)ccc32)cc1. The Morgan fingerprint density at radius 1 is 1.24 bits per heavy atom. The summed E-state index contributed by atoms with van der Waals surface area (Å²) in [6.07, 6.45) is 0. The molecule has 3 rings (SSSR count). The second kappa shape index (κ2) is 5.54. The van der Waals surface area contributed by atoms with E-state index in [0.717, 1.165) is 11.4 Å².